The summed E-state index contributed by atoms with van der Waals surface area (Å²) in [5.74, 6) is 0.726. The smallest absolute Gasteiger partial charge is 0.235 e. The molecule has 0 radical (unpaired) electrons. The number of carbonyl (C=O) groups is 2. The summed E-state index contributed by atoms with van der Waals surface area (Å²) in [5.41, 5.74) is -0.271. The van der Waals surface area contributed by atoms with Crippen molar-refractivity contribution < 1.29 is 23.8 Å². The highest BCUT2D eigenvalue weighted by atomic mass is 16.7. The van der Waals surface area contributed by atoms with E-state index in [0.29, 0.717) is 37.6 Å². The highest BCUT2D eigenvalue weighted by Crippen LogP contribution is 2.32. The summed E-state index contributed by atoms with van der Waals surface area (Å²) in [7, 11) is 1.61. The minimum Gasteiger partial charge on any atom is -0.454 e. The van der Waals surface area contributed by atoms with Gasteiger partial charge in [-0.1, -0.05) is 6.07 Å². The molecule has 0 aliphatic carbocycles. The molecule has 0 unspecified atom stereocenters. The average Bonchev–Trinajstić information content (AvgIpc) is 3.03. The summed E-state index contributed by atoms with van der Waals surface area (Å²) < 4.78 is 15.5. The average molecular weight is 336 g/mol. The maximum absolute atomic E-state index is 12.3. The van der Waals surface area contributed by atoms with Crippen molar-refractivity contribution >= 4 is 11.8 Å². The number of rotatable bonds is 8. The Morgan fingerprint density at radius 3 is 2.62 bits per heavy atom. The number of methoxy groups -OCH3 is 1. The van der Waals surface area contributed by atoms with E-state index in [1.54, 1.807) is 27.0 Å². The van der Waals surface area contributed by atoms with Crippen molar-refractivity contribution in [3.05, 3.63) is 23.8 Å². The fourth-order valence-electron chi connectivity index (χ4n) is 2.20. The molecule has 0 bridgehead atoms. The quantitative estimate of drug-likeness (QED) is 0.550. The monoisotopic (exact) mass is 336 g/mol. The minimum absolute atomic E-state index is 0.210. The van der Waals surface area contributed by atoms with Crippen LogP contribution in [0.2, 0.25) is 0 Å². The lowest BCUT2D eigenvalue weighted by Gasteiger charge is -2.22. The van der Waals surface area contributed by atoms with Crippen molar-refractivity contribution in [2.45, 2.75) is 26.8 Å². The lowest BCUT2D eigenvalue weighted by Crippen LogP contribution is -2.47. The number of ether oxygens (including phenoxy) is 3. The van der Waals surface area contributed by atoms with Crippen LogP contribution in [-0.4, -0.2) is 38.9 Å². The van der Waals surface area contributed by atoms with Crippen LogP contribution in [-0.2, 0) is 20.9 Å². The van der Waals surface area contributed by atoms with Crippen molar-refractivity contribution in [3.63, 3.8) is 0 Å². The fourth-order valence-corrected chi connectivity index (χ4v) is 2.20. The Labute approximate surface area is 141 Å². The molecule has 0 atom stereocenters. The molecule has 132 valence electrons. The zero-order valence-electron chi connectivity index (χ0n) is 14.3. The third kappa shape index (κ3) is 4.38. The molecule has 1 heterocycles. The lowest BCUT2D eigenvalue weighted by molar-refractivity contribution is -0.141. The van der Waals surface area contributed by atoms with E-state index < -0.39 is 5.41 Å². The van der Waals surface area contributed by atoms with Gasteiger partial charge in [-0.05, 0) is 38.0 Å². The van der Waals surface area contributed by atoms with Crippen LogP contribution < -0.4 is 20.1 Å². The first-order valence-corrected chi connectivity index (χ1v) is 7.89. The third-order valence-corrected chi connectivity index (χ3v) is 3.84. The van der Waals surface area contributed by atoms with E-state index in [4.69, 9.17) is 14.2 Å². The van der Waals surface area contributed by atoms with Crippen molar-refractivity contribution in [3.8, 4) is 11.5 Å². The van der Waals surface area contributed by atoms with Crippen molar-refractivity contribution in [2.24, 2.45) is 5.41 Å². The molecule has 0 fully saturated rings. The van der Waals surface area contributed by atoms with Crippen LogP contribution in [0.1, 0.15) is 25.8 Å². The van der Waals surface area contributed by atoms with Gasteiger partial charge in [-0.25, -0.2) is 0 Å². The van der Waals surface area contributed by atoms with E-state index in [9.17, 15) is 9.59 Å². The minimum atomic E-state index is -1.15. The van der Waals surface area contributed by atoms with E-state index in [-0.39, 0.29) is 18.6 Å². The van der Waals surface area contributed by atoms with E-state index in [1.165, 1.54) is 0 Å². The van der Waals surface area contributed by atoms with E-state index in [0.717, 1.165) is 5.56 Å². The molecule has 1 aliphatic rings. The molecular weight excluding hydrogens is 312 g/mol. The van der Waals surface area contributed by atoms with Crippen LogP contribution in [0.3, 0.4) is 0 Å². The standard InChI is InChI=1S/C17H24N2O5/c1-17(2,15(20)18-7-4-8-22-3)16(21)19-10-12-5-6-13-14(9-12)24-11-23-13/h5-6,9H,4,7-8,10-11H2,1-3H3,(H,18,20)(H,19,21). The van der Waals surface area contributed by atoms with Gasteiger partial charge in [0.15, 0.2) is 11.5 Å². The second-order valence-electron chi connectivity index (χ2n) is 6.10. The summed E-state index contributed by atoms with van der Waals surface area (Å²) in [6.07, 6.45) is 0.705. The molecule has 24 heavy (non-hydrogen) atoms. The van der Waals surface area contributed by atoms with Gasteiger partial charge in [0.05, 0.1) is 0 Å². The molecule has 7 nitrogen and oxygen atoms in total. The van der Waals surface area contributed by atoms with Crippen LogP contribution >= 0.6 is 0 Å². The van der Waals surface area contributed by atoms with Gasteiger partial charge in [0.1, 0.15) is 5.41 Å². The lowest BCUT2D eigenvalue weighted by atomic mass is 9.91. The highest BCUT2D eigenvalue weighted by molar-refractivity contribution is 6.04. The third-order valence-electron chi connectivity index (χ3n) is 3.84. The number of hydrogen-bond donors (Lipinski definition) is 2. The molecule has 1 aromatic carbocycles. The van der Waals surface area contributed by atoms with Gasteiger partial charge in [0.25, 0.3) is 0 Å². The largest absolute Gasteiger partial charge is 0.454 e. The van der Waals surface area contributed by atoms with Crippen LogP contribution in [0, 0.1) is 5.41 Å². The number of benzene rings is 1. The molecular formula is C17H24N2O5. The first-order chi connectivity index (χ1) is 11.4. The first-order valence-electron chi connectivity index (χ1n) is 7.89. The normalized spacial score (nSPS) is 12.8. The predicted molar refractivity (Wildman–Crippen MR) is 87.7 cm³/mol. The van der Waals surface area contributed by atoms with Gasteiger partial charge in [0.2, 0.25) is 18.6 Å². The van der Waals surface area contributed by atoms with E-state index >= 15 is 0 Å². The Morgan fingerprint density at radius 2 is 1.88 bits per heavy atom. The summed E-state index contributed by atoms with van der Waals surface area (Å²) in [6.45, 7) is 4.78. The van der Waals surface area contributed by atoms with Crippen molar-refractivity contribution in [1.82, 2.24) is 10.6 Å². The Kier molecular flexibility index (Phi) is 6.03. The molecule has 7 heteroatoms. The molecule has 0 saturated carbocycles. The SMILES string of the molecule is COCCCNC(=O)C(C)(C)C(=O)NCc1ccc2c(c1)OCO2. The maximum Gasteiger partial charge on any atom is 0.235 e. The maximum atomic E-state index is 12.3. The van der Waals surface area contributed by atoms with E-state index in [2.05, 4.69) is 10.6 Å². The zero-order chi connectivity index (χ0) is 17.6. The Bertz CT molecular complexity index is 601. The molecule has 0 aromatic heterocycles. The Balaban J connectivity index is 1.85. The Morgan fingerprint density at radius 1 is 1.17 bits per heavy atom. The summed E-state index contributed by atoms with van der Waals surface area (Å²) in [4.78, 5) is 24.5. The van der Waals surface area contributed by atoms with Crippen LogP contribution in [0.15, 0.2) is 18.2 Å². The van der Waals surface area contributed by atoms with Crippen LogP contribution in [0.5, 0.6) is 11.5 Å². The van der Waals surface area contributed by atoms with Gasteiger partial charge in [-0.15, -0.1) is 0 Å². The van der Waals surface area contributed by atoms with Gasteiger partial charge < -0.3 is 24.8 Å². The number of fused-ring (bicyclic) bond motifs is 1. The summed E-state index contributed by atoms with van der Waals surface area (Å²) in [5, 5.41) is 5.55. The van der Waals surface area contributed by atoms with Gasteiger partial charge >= 0.3 is 0 Å². The zero-order valence-corrected chi connectivity index (χ0v) is 14.3. The number of amides is 2. The molecule has 2 amide bonds. The van der Waals surface area contributed by atoms with Gasteiger partial charge in [0, 0.05) is 26.8 Å². The molecule has 1 aromatic rings. The highest BCUT2D eigenvalue weighted by Gasteiger charge is 2.35. The molecule has 1 aliphatic heterocycles. The van der Waals surface area contributed by atoms with Crippen molar-refractivity contribution in [2.75, 3.05) is 27.1 Å². The molecule has 0 saturated heterocycles. The fraction of sp³-hybridized carbons (Fsp3) is 0.529. The number of carbonyl (C=O) groups excluding carboxylic acids is 2. The number of hydrogen-bond acceptors (Lipinski definition) is 5. The summed E-state index contributed by atoms with van der Waals surface area (Å²) in [6, 6.07) is 5.48. The number of nitrogens with one attached hydrogen (secondary N) is 2. The van der Waals surface area contributed by atoms with Crippen LogP contribution in [0.4, 0.5) is 0 Å². The molecule has 2 N–H and O–H groups in total. The predicted octanol–water partition coefficient (Wildman–Crippen LogP) is 1.21. The van der Waals surface area contributed by atoms with Crippen molar-refractivity contribution in [1.29, 1.82) is 0 Å². The molecule has 0 spiro atoms. The topological polar surface area (TPSA) is 85.9 Å². The van der Waals surface area contributed by atoms with Crippen LogP contribution in [0.25, 0.3) is 0 Å². The summed E-state index contributed by atoms with van der Waals surface area (Å²) >= 11 is 0. The second kappa shape index (κ2) is 8.01. The Hall–Kier alpha value is -2.28. The van der Waals surface area contributed by atoms with Gasteiger partial charge in [-0.2, -0.15) is 0 Å². The first kappa shape index (κ1) is 18.1. The van der Waals surface area contributed by atoms with Gasteiger partial charge in [-0.3, -0.25) is 9.59 Å². The second-order valence-corrected chi connectivity index (χ2v) is 6.10. The molecule has 2 rings (SSSR count). The van der Waals surface area contributed by atoms with E-state index in [1.807, 2.05) is 12.1 Å².